The van der Waals surface area contributed by atoms with Crippen molar-refractivity contribution in [2.45, 2.75) is 62.5 Å². The number of aliphatic hydroxyl groups excluding tert-OH is 4. The van der Waals surface area contributed by atoms with Gasteiger partial charge in [0.2, 0.25) is 6.29 Å². The highest BCUT2D eigenvalue weighted by molar-refractivity contribution is 5.87. The molecule has 0 amide bonds. The molecule has 0 spiro atoms. The van der Waals surface area contributed by atoms with Crippen molar-refractivity contribution in [2.75, 3.05) is 19.8 Å². The molecule has 2 aliphatic heterocycles. The van der Waals surface area contributed by atoms with Crippen molar-refractivity contribution >= 4 is 5.97 Å². The summed E-state index contributed by atoms with van der Waals surface area (Å²) in [6, 6.07) is 5.54. The Bertz CT molecular complexity index is 858. The van der Waals surface area contributed by atoms with Gasteiger partial charge in [-0.2, -0.15) is 0 Å². The molecule has 2 aliphatic rings. The second-order valence-electron chi connectivity index (χ2n) is 8.19. The van der Waals surface area contributed by atoms with E-state index in [0.717, 1.165) is 0 Å². The van der Waals surface area contributed by atoms with E-state index in [1.54, 1.807) is 6.92 Å². The first-order valence-corrected chi connectivity index (χ1v) is 10.7. The number of carbonyl (C=O) groups is 1. The van der Waals surface area contributed by atoms with E-state index in [4.69, 9.17) is 23.7 Å². The number of phenolic OH excluding ortho intramolecular Hbond substituents is 1. The van der Waals surface area contributed by atoms with E-state index in [1.807, 2.05) is 0 Å². The molecular formula is C22H30O12. The largest absolute Gasteiger partial charge is 0.508 e. The van der Waals surface area contributed by atoms with E-state index in [-0.39, 0.29) is 11.5 Å². The molecule has 0 unspecified atom stereocenters. The summed E-state index contributed by atoms with van der Waals surface area (Å²) in [5.74, 6) is -0.475. The number of hydrogen-bond donors (Lipinski definition) is 6. The average Bonchev–Trinajstić information content (AvgIpc) is 3.11. The number of esters is 1. The fourth-order valence-corrected chi connectivity index (χ4v) is 3.43. The standard InChI is InChI=1S/C22H30O12/c1-3-11(2)19(28)30-9-22(29)10-31-21(18(22)27)34-17-16(26)15(25)14(8-23)33-20(17)32-13-6-4-12(24)5-7-13/h3-7,14-18,20-21,23-27,29H,8-10H2,1-2H3/t14-,15+,16-,17-,18+,20-,21+,22-/m0/s1. The van der Waals surface area contributed by atoms with Crippen LogP contribution in [0.4, 0.5) is 0 Å². The van der Waals surface area contributed by atoms with Crippen molar-refractivity contribution in [2.24, 2.45) is 0 Å². The summed E-state index contributed by atoms with van der Waals surface area (Å²) in [7, 11) is 0. The minimum absolute atomic E-state index is 0.0134. The maximum Gasteiger partial charge on any atom is 0.333 e. The number of allylic oxidation sites excluding steroid dienone is 1. The maximum absolute atomic E-state index is 11.9. The van der Waals surface area contributed by atoms with E-state index in [9.17, 15) is 35.4 Å². The molecular weight excluding hydrogens is 456 g/mol. The number of hydrogen-bond acceptors (Lipinski definition) is 12. The molecule has 190 valence electrons. The molecule has 3 rings (SSSR count). The molecule has 0 aliphatic carbocycles. The first kappa shape index (κ1) is 26.3. The SMILES string of the molecule is CC=C(C)C(=O)OC[C@]1(O)CO[C@H](O[C@@H]2[C@@H](Oc3ccc(O)cc3)O[C@@H](CO)[C@@H](O)[C@@H]2O)[C@H]1O. The molecule has 0 saturated carbocycles. The predicted molar refractivity (Wildman–Crippen MR) is 112 cm³/mol. The van der Waals surface area contributed by atoms with Crippen LogP contribution in [0, 0.1) is 0 Å². The van der Waals surface area contributed by atoms with Crippen LogP contribution in [0.1, 0.15) is 13.8 Å². The summed E-state index contributed by atoms with van der Waals surface area (Å²) in [6.45, 7) is 1.52. The van der Waals surface area contributed by atoms with Crippen molar-refractivity contribution in [3.63, 3.8) is 0 Å². The molecule has 2 fully saturated rings. The molecule has 0 aromatic heterocycles. The highest BCUT2D eigenvalue weighted by Gasteiger charge is 2.54. The molecule has 1 aromatic rings. The van der Waals surface area contributed by atoms with Gasteiger partial charge in [-0.1, -0.05) is 6.08 Å². The topological polar surface area (TPSA) is 185 Å². The Labute approximate surface area is 195 Å². The Hall–Kier alpha value is -2.29. The van der Waals surface area contributed by atoms with E-state index >= 15 is 0 Å². The van der Waals surface area contributed by atoms with E-state index < -0.39 is 74.5 Å². The molecule has 0 radical (unpaired) electrons. The van der Waals surface area contributed by atoms with E-state index in [0.29, 0.717) is 5.57 Å². The van der Waals surface area contributed by atoms with Gasteiger partial charge < -0.3 is 54.3 Å². The maximum atomic E-state index is 11.9. The van der Waals surface area contributed by atoms with Crippen LogP contribution in [-0.4, -0.2) is 105 Å². The van der Waals surface area contributed by atoms with Gasteiger partial charge in [0.1, 0.15) is 42.5 Å². The lowest BCUT2D eigenvalue weighted by molar-refractivity contribution is -0.318. The van der Waals surface area contributed by atoms with Crippen molar-refractivity contribution in [3.05, 3.63) is 35.9 Å². The Morgan fingerprint density at radius 1 is 1.18 bits per heavy atom. The van der Waals surface area contributed by atoms with Crippen molar-refractivity contribution < 1.29 is 59.1 Å². The number of benzene rings is 1. The summed E-state index contributed by atoms with van der Waals surface area (Å²) in [4.78, 5) is 11.9. The van der Waals surface area contributed by atoms with Gasteiger partial charge in [0.25, 0.3) is 0 Å². The normalized spacial score (nSPS) is 36.3. The highest BCUT2D eigenvalue weighted by Crippen LogP contribution is 2.32. The van der Waals surface area contributed by atoms with Crippen LogP contribution in [0.15, 0.2) is 35.9 Å². The quantitative estimate of drug-likeness (QED) is 0.186. The Morgan fingerprint density at radius 3 is 2.47 bits per heavy atom. The van der Waals surface area contributed by atoms with Gasteiger partial charge >= 0.3 is 5.97 Å². The van der Waals surface area contributed by atoms with Gasteiger partial charge in [-0.15, -0.1) is 0 Å². The van der Waals surface area contributed by atoms with Gasteiger partial charge in [-0.3, -0.25) is 0 Å². The van der Waals surface area contributed by atoms with Crippen LogP contribution in [0.2, 0.25) is 0 Å². The third-order valence-electron chi connectivity index (χ3n) is 5.72. The lowest BCUT2D eigenvalue weighted by atomic mass is 9.98. The van der Waals surface area contributed by atoms with Gasteiger partial charge in [0.15, 0.2) is 18.0 Å². The molecule has 2 heterocycles. The van der Waals surface area contributed by atoms with Crippen LogP contribution in [0.25, 0.3) is 0 Å². The van der Waals surface area contributed by atoms with Crippen molar-refractivity contribution in [1.29, 1.82) is 0 Å². The van der Waals surface area contributed by atoms with Gasteiger partial charge in [-0.25, -0.2) is 4.79 Å². The third-order valence-corrected chi connectivity index (χ3v) is 5.72. The van der Waals surface area contributed by atoms with Crippen LogP contribution >= 0.6 is 0 Å². The molecule has 2 saturated heterocycles. The van der Waals surface area contributed by atoms with Gasteiger partial charge in [0, 0.05) is 5.57 Å². The number of phenols is 1. The highest BCUT2D eigenvalue weighted by atomic mass is 16.8. The number of rotatable bonds is 8. The minimum atomic E-state index is -1.99. The second kappa shape index (κ2) is 11.0. The Balaban J connectivity index is 1.72. The minimum Gasteiger partial charge on any atom is -0.508 e. The van der Waals surface area contributed by atoms with Gasteiger partial charge in [0.05, 0.1) is 13.2 Å². The van der Waals surface area contributed by atoms with Crippen LogP contribution in [0.3, 0.4) is 0 Å². The fraction of sp³-hybridized carbons (Fsp3) is 0.591. The molecule has 34 heavy (non-hydrogen) atoms. The van der Waals surface area contributed by atoms with Crippen LogP contribution < -0.4 is 4.74 Å². The zero-order valence-corrected chi connectivity index (χ0v) is 18.7. The average molecular weight is 486 g/mol. The molecule has 6 N–H and O–H groups in total. The second-order valence-corrected chi connectivity index (χ2v) is 8.19. The molecule has 0 bridgehead atoms. The van der Waals surface area contributed by atoms with Crippen LogP contribution in [-0.2, 0) is 23.7 Å². The van der Waals surface area contributed by atoms with Gasteiger partial charge in [-0.05, 0) is 38.1 Å². The number of aromatic hydroxyl groups is 1. The first-order chi connectivity index (χ1) is 16.1. The van der Waals surface area contributed by atoms with Crippen molar-refractivity contribution in [3.8, 4) is 11.5 Å². The number of aliphatic hydroxyl groups is 5. The molecule has 1 aromatic carbocycles. The van der Waals surface area contributed by atoms with Crippen molar-refractivity contribution in [1.82, 2.24) is 0 Å². The lowest BCUT2D eigenvalue weighted by Crippen LogP contribution is -2.62. The molecule has 8 atom stereocenters. The number of ether oxygens (including phenoxy) is 5. The summed E-state index contributed by atoms with van der Waals surface area (Å²) in [5.41, 5.74) is -1.68. The monoisotopic (exact) mass is 486 g/mol. The molecule has 12 nitrogen and oxygen atoms in total. The smallest absolute Gasteiger partial charge is 0.333 e. The summed E-state index contributed by atoms with van der Waals surface area (Å²) < 4.78 is 27.2. The summed E-state index contributed by atoms with van der Waals surface area (Å²) >= 11 is 0. The zero-order chi connectivity index (χ0) is 25.0. The van der Waals surface area contributed by atoms with E-state index in [2.05, 4.69) is 0 Å². The van der Waals surface area contributed by atoms with Crippen LogP contribution in [0.5, 0.6) is 11.5 Å². The third kappa shape index (κ3) is 5.67. The number of carbonyl (C=O) groups excluding carboxylic acids is 1. The summed E-state index contributed by atoms with van der Waals surface area (Å²) in [6.07, 6.45) is -8.86. The predicted octanol–water partition coefficient (Wildman–Crippen LogP) is -1.45. The summed E-state index contributed by atoms with van der Waals surface area (Å²) in [5, 5.41) is 61.1. The fourth-order valence-electron chi connectivity index (χ4n) is 3.43. The Kier molecular flexibility index (Phi) is 8.49. The van der Waals surface area contributed by atoms with E-state index in [1.165, 1.54) is 37.3 Å². The zero-order valence-electron chi connectivity index (χ0n) is 18.7. The lowest BCUT2D eigenvalue weighted by Gasteiger charge is -2.42. The first-order valence-electron chi connectivity index (χ1n) is 10.7. The molecule has 12 heteroatoms. The Morgan fingerprint density at radius 2 is 1.85 bits per heavy atom.